The third kappa shape index (κ3) is 3.25. The number of benzene rings is 1. The van der Waals surface area contributed by atoms with Gasteiger partial charge in [-0.05, 0) is 31.2 Å². The lowest BCUT2D eigenvalue weighted by molar-refractivity contribution is 0.0988. The van der Waals surface area contributed by atoms with E-state index in [4.69, 9.17) is 23.2 Å². The van der Waals surface area contributed by atoms with Gasteiger partial charge in [0.15, 0.2) is 0 Å². The van der Waals surface area contributed by atoms with Crippen molar-refractivity contribution in [2.24, 2.45) is 0 Å². The smallest absolute Gasteiger partial charge is 0.258 e. The Hall–Kier alpha value is -1.58. The Labute approximate surface area is 121 Å². The van der Waals surface area contributed by atoms with Crippen LogP contribution in [-0.2, 0) is 0 Å². The van der Waals surface area contributed by atoms with E-state index in [0.29, 0.717) is 12.1 Å². The summed E-state index contributed by atoms with van der Waals surface area (Å²) in [6, 6.07) is 12.5. The van der Waals surface area contributed by atoms with Crippen LogP contribution in [0.3, 0.4) is 0 Å². The predicted octanol–water partition coefficient (Wildman–Crippen LogP) is 4.06. The first-order valence-electron chi connectivity index (χ1n) is 5.82. The number of amides is 1. The van der Waals surface area contributed by atoms with Gasteiger partial charge >= 0.3 is 0 Å². The minimum Gasteiger partial charge on any atom is -0.309 e. The van der Waals surface area contributed by atoms with Crippen molar-refractivity contribution >= 4 is 34.8 Å². The lowest BCUT2D eigenvalue weighted by Gasteiger charge is -2.21. The number of carbonyl (C=O) groups is 1. The maximum atomic E-state index is 12.5. The molecular formula is C14H12Cl2N2O. The van der Waals surface area contributed by atoms with E-state index in [1.807, 2.05) is 37.3 Å². The van der Waals surface area contributed by atoms with E-state index in [-0.39, 0.29) is 16.2 Å². The Morgan fingerprint density at radius 3 is 2.26 bits per heavy atom. The zero-order valence-electron chi connectivity index (χ0n) is 10.3. The molecule has 0 spiro atoms. The number of hydrogen-bond donors (Lipinski definition) is 0. The van der Waals surface area contributed by atoms with E-state index in [1.54, 1.807) is 4.90 Å². The molecule has 0 aliphatic rings. The molecule has 1 aromatic carbocycles. The number of carbonyl (C=O) groups excluding carboxylic acids is 1. The highest BCUT2D eigenvalue weighted by molar-refractivity contribution is 6.33. The van der Waals surface area contributed by atoms with Gasteiger partial charge in [-0.2, -0.15) is 0 Å². The largest absolute Gasteiger partial charge is 0.309 e. The van der Waals surface area contributed by atoms with E-state index in [9.17, 15) is 4.79 Å². The van der Waals surface area contributed by atoms with E-state index in [1.165, 1.54) is 12.1 Å². The van der Waals surface area contributed by atoms with Gasteiger partial charge in [0.2, 0.25) is 0 Å². The van der Waals surface area contributed by atoms with Crippen LogP contribution in [0, 0.1) is 0 Å². The molecule has 5 heteroatoms. The third-order valence-electron chi connectivity index (χ3n) is 2.64. The SMILES string of the molecule is CCN(C(=O)c1cc(Cl)nc(Cl)c1)c1ccccc1. The summed E-state index contributed by atoms with van der Waals surface area (Å²) >= 11 is 11.6. The first-order valence-corrected chi connectivity index (χ1v) is 6.57. The number of aromatic nitrogens is 1. The summed E-state index contributed by atoms with van der Waals surface area (Å²) < 4.78 is 0. The standard InChI is InChI=1S/C14H12Cl2N2O/c1-2-18(11-6-4-3-5-7-11)14(19)10-8-12(15)17-13(16)9-10/h3-9H,2H2,1H3. The Morgan fingerprint density at radius 1 is 1.16 bits per heavy atom. The summed E-state index contributed by atoms with van der Waals surface area (Å²) in [7, 11) is 0. The molecule has 0 radical (unpaired) electrons. The maximum absolute atomic E-state index is 12.5. The first kappa shape index (κ1) is 13.8. The zero-order chi connectivity index (χ0) is 13.8. The molecule has 19 heavy (non-hydrogen) atoms. The molecule has 0 N–H and O–H groups in total. The van der Waals surface area contributed by atoms with Crippen LogP contribution in [0.15, 0.2) is 42.5 Å². The predicted molar refractivity (Wildman–Crippen MR) is 78.0 cm³/mol. The molecule has 3 nitrogen and oxygen atoms in total. The van der Waals surface area contributed by atoms with Crippen LogP contribution in [0.1, 0.15) is 17.3 Å². The molecule has 1 heterocycles. The second kappa shape index (κ2) is 6.04. The molecule has 0 saturated heterocycles. The van der Waals surface area contributed by atoms with Gasteiger partial charge in [-0.25, -0.2) is 4.98 Å². The van der Waals surface area contributed by atoms with E-state index in [0.717, 1.165) is 5.69 Å². The number of anilines is 1. The van der Waals surface area contributed by atoms with Crippen molar-refractivity contribution in [3.63, 3.8) is 0 Å². The number of rotatable bonds is 3. The molecular weight excluding hydrogens is 283 g/mol. The summed E-state index contributed by atoms with van der Waals surface area (Å²) in [6.07, 6.45) is 0. The molecule has 0 bridgehead atoms. The molecule has 0 atom stereocenters. The molecule has 0 unspecified atom stereocenters. The van der Waals surface area contributed by atoms with E-state index < -0.39 is 0 Å². The number of nitrogens with zero attached hydrogens (tertiary/aromatic N) is 2. The second-order valence-electron chi connectivity index (χ2n) is 3.89. The third-order valence-corrected chi connectivity index (χ3v) is 3.03. The summed E-state index contributed by atoms with van der Waals surface area (Å²) in [6.45, 7) is 2.47. The second-order valence-corrected chi connectivity index (χ2v) is 4.66. The normalized spacial score (nSPS) is 10.3. The molecule has 1 aromatic heterocycles. The van der Waals surface area contributed by atoms with Gasteiger partial charge in [-0.3, -0.25) is 4.79 Å². The van der Waals surface area contributed by atoms with Crippen molar-refractivity contribution in [1.82, 2.24) is 4.98 Å². The number of para-hydroxylation sites is 1. The lowest BCUT2D eigenvalue weighted by atomic mass is 10.2. The first-order chi connectivity index (χ1) is 9.11. The average molecular weight is 295 g/mol. The molecule has 2 aromatic rings. The number of halogens is 2. The van der Waals surface area contributed by atoms with Crippen molar-refractivity contribution in [2.75, 3.05) is 11.4 Å². The van der Waals surface area contributed by atoms with Gasteiger partial charge in [0, 0.05) is 17.8 Å². The van der Waals surface area contributed by atoms with Crippen molar-refractivity contribution in [1.29, 1.82) is 0 Å². The minimum absolute atomic E-state index is 0.153. The summed E-state index contributed by atoms with van der Waals surface area (Å²) in [5.41, 5.74) is 1.26. The fraction of sp³-hybridized carbons (Fsp3) is 0.143. The van der Waals surface area contributed by atoms with Crippen LogP contribution in [-0.4, -0.2) is 17.4 Å². The molecule has 0 fully saturated rings. The van der Waals surface area contributed by atoms with Gasteiger partial charge in [0.05, 0.1) is 0 Å². The highest BCUT2D eigenvalue weighted by atomic mass is 35.5. The molecule has 0 aliphatic heterocycles. The van der Waals surface area contributed by atoms with Crippen LogP contribution in [0.4, 0.5) is 5.69 Å². The van der Waals surface area contributed by atoms with Crippen LogP contribution in [0.2, 0.25) is 10.3 Å². The fourth-order valence-electron chi connectivity index (χ4n) is 1.80. The number of hydrogen-bond acceptors (Lipinski definition) is 2. The van der Waals surface area contributed by atoms with Crippen molar-refractivity contribution in [3.8, 4) is 0 Å². The van der Waals surface area contributed by atoms with Crippen molar-refractivity contribution in [2.45, 2.75) is 6.92 Å². The molecule has 0 aliphatic carbocycles. The zero-order valence-corrected chi connectivity index (χ0v) is 11.8. The van der Waals surface area contributed by atoms with Gasteiger partial charge in [0.25, 0.3) is 5.91 Å². The monoisotopic (exact) mass is 294 g/mol. The summed E-state index contributed by atoms with van der Waals surface area (Å²) in [4.78, 5) is 18.0. The Balaban J connectivity index is 2.36. The highest BCUT2D eigenvalue weighted by Crippen LogP contribution is 2.20. The van der Waals surface area contributed by atoms with Crippen molar-refractivity contribution in [3.05, 3.63) is 58.3 Å². The lowest BCUT2D eigenvalue weighted by Crippen LogP contribution is -2.30. The molecule has 0 saturated carbocycles. The van der Waals surface area contributed by atoms with Crippen LogP contribution in [0.5, 0.6) is 0 Å². The fourth-order valence-corrected chi connectivity index (χ4v) is 2.26. The molecule has 2 rings (SSSR count). The van der Waals surface area contributed by atoms with Gasteiger partial charge in [-0.1, -0.05) is 41.4 Å². The Kier molecular flexibility index (Phi) is 4.40. The minimum atomic E-state index is -0.153. The van der Waals surface area contributed by atoms with Gasteiger partial charge < -0.3 is 4.90 Å². The van der Waals surface area contributed by atoms with E-state index >= 15 is 0 Å². The summed E-state index contributed by atoms with van der Waals surface area (Å²) in [5, 5.41) is 0.417. The highest BCUT2D eigenvalue weighted by Gasteiger charge is 2.17. The van der Waals surface area contributed by atoms with Gasteiger partial charge in [0.1, 0.15) is 10.3 Å². The van der Waals surface area contributed by atoms with Crippen LogP contribution in [0.25, 0.3) is 0 Å². The topological polar surface area (TPSA) is 33.2 Å². The summed E-state index contributed by atoms with van der Waals surface area (Å²) in [5.74, 6) is -0.153. The average Bonchev–Trinajstić information content (AvgIpc) is 2.39. The Morgan fingerprint density at radius 2 is 1.74 bits per heavy atom. The van der Waals surface area contributed by atoms with Crippen LogP contribution >= 0.6 is 23.2 Å². The molecule has 1 amide bonds. The van der Waals surface area contributed by atoms with Crippen molar-refractivity contribution < 1.29 is 4.79 Å². The van der Waals surface area contributed by atoms with Gasteiger partial charge in [-0.15, -0.1) is 0 Å². The van der Waals surface area contributed by atoms with Crippen LogP contribution < -0.4 is 4.90 Å². The quantitative estimate of drug-likeness (QED) is 0.800. The Bertz CT molecular complexity index is 567. The number of pyridine rings is 1. The van der Waals surface area contributed by atoms with E-state index in [2.05, 4.69) is 4.98 Å². The maximum Gasteiger partial charge on any atom is 0.258 e. The molecule has 98 valence electrons.